The Morgan fingerprint density at radius 1 is 1.08 bits per heavy atom. The summed E-state index contributed by atoms with van der Waals surface area (Å²) in [6, 6.07) is 10.3. The number of benzene rings is 2. The molecule has 0 spiro atoms. The fourth-order valence-corrected chi connectivity index (χ4v) is 8.78. The second-order valence-corrected chi connectivity index (χ2v) is 12.9. The highest BCUT2D eigenvalue weighted by Gasteiger charge is 2.27. The second kappa shape index (κ2) is 10.4. The zero-order chi connectivity index (χ0) is 25.7. The van der Waals surface area contributed by atoms with Crippen LogP contribution < -0.4 is 14.2 Å². The molecule has 0 N–H and O–H groups in total. The molecule has 7 nitrogen and oxygen atoms in total. The highest BCUT2D eigenvalue weighted by molar-refractivity contribution is 14.1. The van der Waals surface area contributed by atoms with Crippen LogP contribution in [0.1, 0.15) is 22.5 Å². The smallest absolute Gasteiger partial charge is 0.294 e. The summed E-state index contributed by atoms with van der Waals surface area (Å²) in [6.07, 6.45) is 2.68. The summed E-state index contributed by atoms with van der Waals surface area (Å²) in [5.74, 6) is 1.53. The molecule has 1 aliphatic rings. The summed E-state index contributed by atoms with van der Waals surface area (Å²) in [7, 11) is 6.18. The maximum atomic E-state index is 6.38. The molecule has 3 heterocycles. The van der Waals surface area contributed by atoms with E-state index in [2.05, 4.69) is 89.2 Å². The highest BCUT2D eigenvalue weighted by atomic mass is 127. The van der Waals surface area contributed by atoms with Gasteiger partial charge >= 0.3 is 0 Å². The summed E-state index contributed by atoms with van der Waals surface area (Å²) < 4.78 is 21.3. The van der Waals surface area contributed by atoms with Crippen molar-refractivity contribution in [2.24, 2.45) is 0 Å². The molecular formula is C25H19I2N4O3PS2. The molecule has 0 amide bonds. The fraction of sp³-hybridized carbons (Fsp3) is 0.160. The molecule has 12 heteroatoms. The topological polar surface area (TPSA) is 70.8 Å². The van der Waals surface area contributed by atoms with Gasteiger partial charge in [-0.05, 0) is 91.2 Å². The maximum Gasteiger partial charge on any atom is 0.294 e. The third-order valence-corrected chi connectivity index (χ3v) is 10.2. The van der Waals surface area contributed by atoms with Gasteiger partial charge in [0.1, 0.15) is 23.1 Å². The highest BCUT2D eigenvalue weighted by Crippen LogP contribution is 2.48. The number of thiazole rings is 1. The number of aromatic nitrogens is 4. The Bertz CT molecular complexity index is 1640. The van der Waals surface area contributed by atoms with Crippen LogP contribution in [0.25, 0.3) is 26.4 Å². The number of imidazole rings is 1. The van der Waals surface area contributed by atoms with Crippen LogP contribution >= 0.6 is 77.1 Å². The van der Waals surface area contributed by atoms with Crippen molar-refractivity contribution >= 4 is 92.9 Å². The Morgan fingerprint density at radius 3 is 2.62 bits per heavy atom. The van der Waals surface area contributed by atoms with Crippen LogP contribution in [0, 0.1) is 7.14 Å². The Morgan fingerprint density at radius 2 is 1.89 bits per heavy atom. The lowest BCUT2D eigenvalue weighted by Crippen LogP contribution is -2.00. The number of hydrogen-bond acceptors (Lipinski definition) is 8. The van der Waals surface area contributed by atoms with E-state index in [4.69, 9.17) is 24.2 Å². The molecule has 1 unspecified atom stereocenters. The summed E-state index contributed by atoms with van der Waals surface area (Å²) in [4.78, 5) is 10.5. The van der Waals surface area contributed by atoms with Gasteiger partial charge in [-0.2, -0.15) is 0 Å². The summed E-state index contributed by atoms with van der Waals surface area (Å²) in [5, 5.41) is 9.13. The number of allylic oxidation sites excluding steroid dienone is 1. The molecule has 0 bridgehead atoms. The molecule has 0 aliphatic heterocycles. The molecule has 6 rings (SSSR count). The van der Waals surface area contributed by atoms with Gasteiger partial charge in [0.15, 0.2) is 0 Å². The molecule has 0 saturated heterocycles. The quantitative estimate of drug-likeness (QED) is 0.131. The molecule has 0 saturated carbocycles. The summed E-state index contributed by atoms with van der Waals surface area (Å²) >= 11 is 7.79. The van der Waals surface area contributed by atoms with Crippen LogP contribution in [0.15, 0.2) is 41.9 Å². The van der Waals surface area contributed by atoms with Crippen molar-refractivity contribution < 1.29 is 14.2 Å². The van der Waals surface area contributed by atoms with Gasteiger partial charge < -0.3 is 14.2 Å². The van der Waals surface area contributed by atoms with Crippen molar-refractivity contribution in [3.8, 4) is 27.3 Å². The first-order valence-corrected chi connectivity index (χ1v) is 15.5. The normalized spacial score (nSPS) is 12.9. The number of fused-ring (bicyclic) bond motifs is 2. The van der Waals surface area contributed by atoms with E-state index in [1.54, 1.807) is 30.1 Å². The lowest BCUT2D eigenvalue weighted by Gasteiger charge is -2.13. The van der Waals surface area contributed by atoms with Gasteiger partial charge in [0.25, 0.3) is 5.19 Å². The Hall–Kier alpha value is -1.80. The molecule has 2 aromatic carbocycles. The van der Waals surface area contributed by atoms with E-state index in [0.29, 0.717) is 11.8 Å². The largest absolute Gasteiger partial charge is 0.497 e. The Labute approximate surface area is 250 Å². The molecular weight excluding hydrogens is 753 g/mol. The first-order chi connectivity index (χ1) is 17.9. The number of ether oxygens (including phenoxy) is 3. The molecule has 3 aromatic heterocycles. The molecule has 0 fully saturated rings. The zero-order valence-electron chi connectivity index (χ0n) is 19.6. The van der Waals surface area contributed by atoms with Gasteiger partial charge in [0, 0.05) is 36.1 Å². The molecule has 188 valence electrons. The number of halogens is 2. The summed E-state index contributed by atoms with van der Waals surface area (Å²) in [5.41, 5.74) is 6.29. The molecule has 1 atom stereocenters. The predicted octanol–water partition coefficient (Wildman–Crippen LogP) is 7.02. The van der Waals surface area contributed by atoms with Crippen molar-refractivity contribution in [2.45, 2.75) is 13.0 Å². The van der Waals surface area contributed by atoms with E-state index in [1.807, 2.05) is 12.3 Å². The van der Waals surface area contributed by atoms with Crippen LogP contribution in [-0.4, -0.2) is 33.8 Å². The van der Waals surface area contributed by atoms with Crippen molar-refractivity contribution in [3.63, 3.8) is 0 Å². The first kappa shape index (κ1) is 25.5. The van der Waals surface area contributed by atoms with Gasteiger partial charge in [0.05, 0.1) is 31.8 Å². The van der Waals surface area contributed by atoms with E-state index in [1.165, 1.54) is 24.0 Å². The minimum Gasteiger partial charge on any atom is -0.497 e. The van der Waals surface area contributed by atoms with Crippen molar-refractivity contribution in [3.05, 3.63) is 71.6 Å². The minimum absolute atomic E-state index is 0.368. The standard InChI is InChI=1S/C25H19I2N4O3PS2/c1-32-14-6-12-7-15(18-9-31-24(29-18)37-25(30-31)33-2)22(35)20(12)19(8-14)34-10-13-11-36-23(28-13)21-16(26)4-3-5-17(21)27/h3-6,8-9,11H,7,10,35H2,1-2H3. The van der Waals surface area contributed by atoms with E-state index >= 15 is 0 Å². The molecule has 37 heavy (non-hydrogen) atoms. The molecule has 0 radical (unpaired) electrons. The van der Waals surface area contributed by atoms with Gasteiger partial charge in [-0.3, -0.25) is 0 Å². The lowest BCUT2D eigenvalue weighted by atomic mass is 10.1. The monoisotopic (exact) mass is 772 g/mol. The van der Waals surface area contributed by atoms with Crippen molar-refractivity contribution in [2.75, 3.05) is 14.2 Å². The van der Waals surface area contributed by atoms with Gasteiger partial charge in [0.2, 0.25) is 4.96 Å². The van der Waals surface area contributed by atoms with Crippen LogP contribution in [0.2, 0.25) is 0 Å². The Balaban J connectivity index is 1.30. The van der Waals surface area contributed by atoms with Gasteiger partial charge in [-0.15, -0.1) is 25.7 Å². The average Bonchev–Trinajstić information content (AvgIpc) is 3.65. The predicted molar refractivity (Wildman–Crippen MR) is 168 cm³/mol. The van der Waals surface area contributed by atoms with Crippen LogP contribution in [0.5, 0.6) is 16.7 Å². The average molecular weight is 772 g/mol. The van der Waals surface area contributed by atoms with Crippen LogP contribution in [0.3, 0.4) is 0 Å². The third kappa shape index (κ3) is 4.77. The van der Waals surface area contributed by atoms with Crippen molar-refractivity contribution in [1.29, 1.82) is 0 Å². The van der Waals surface area contributed by atoms with Crippen LogP contribution in [-0.2, 0) is 13.0 Å². The van der Waals surface area contributed by atoms with E-state index in [0.717, 1.165) is 61.3 Å². The van der Waals surface area contributed by atoms with Gasteiger partial charge in [-0.1, -0.05) is 6.07 Å². The Kier molecular flexibility index (Phi) is 7.16. The van der Waals surface area contributed by atoms with E-state index < -0.39 is 0 Å². The van der Waals surface area contributed by atoms with E-state index in [9.17, 15) is 0 Å². The second-order valence-electron chi connectivity index (χ2n) is 8.18. The third-order valence-electron chi connectivity index (χ3n) is 5.97. The first-order valence-electron chi connectivity index (χ1n) is 11.1. The maximum absolute atomic E-state index is 6.38. The number of hydrogen-bond donors (Lipinski definition) is 0. The SMILES string of the molecule is COc1cc2c(c(OCc3csc(-c4c(I)cccc4I)n3)c1)C(P)=C(c1cn3nc(OC)sc3n1)C2. The zero-order valence-corrected chi connectivity index (χ0v) is 26.7. The molecule has 5 aromatic rings. The molecule has 1 aliphatic carbocycles. The summed E-state index contributed by atoms with van der Waals surface area (Å²) in [6.45, 7) is 0.368. The number of rotatable bonds is 7. The van der Waals surface area contributed by atoms with Gasteiger partial charge in [-0.25, -0.2) is 14.5 Å². The lowest BCUT2D eigenvalue weighted by molar-refractivity contribution is 0.299. The van der Waals surface area contributed by atoms with E-state index in [-0.39, 0.29) is 0 Å². The minimum atomic E-state index is 0.368. The van der Waals surface area contributed by atoms with Crippen LogP contribution in [0.4, 0.5) is 0 Å². The number of methoxy groups -OCH3 is 2. The fourth-order valence-electron chi connectivity index (χ4n) is 4.24. The number of nitrogens with zero attached hydrogens (tertiary/aromatic N) is 4. The van der Waals surface area contributed by atoms with Crippen molar-refractivity contribution in [1.82, 2.24) is 19.6 Å².